The van der Waals surface area contributed by atoms with Crippen LogP contribution in [0.5, 0.6) is 0 Å². The molecule has 4 nitrogen and oxygen atoms in total. The lowest BCUT2D eigenvalue weighted by atomic mass is 9.57. The van der Waals surface area contributed by atoms with Crippen LogP contribution in [-0.4, -0.2) is 22.2 Å². The molecule has 0 saturated heterocycles. The highest BCUT2D eigenvalue weighted by Crippen LogP contribution is 2.52. The van der Waals surface area contributed by atoms with Crippen LogP contribution in [-0.2, 0) is 9.59 Å². The van der Waals surface area contributed by atoms with Crippen molar-refractivity contribution in [3.63, 3.8) is 0 Å². The highest BCUT2D eigenvalue weighted by atomic mass is 16.4. The highest BCUT2D eigenvalue weighted by molar-refractivity contribution is 5.90. The third-order valence-electron chi connectivity index (χ3n) is 10.3. The Hall–Kier alpha value is -1.58. The summed E-state index contributed by atoms with van der Waals surface area (Å²) in [7, 11) is 0. The van der Waals surface area contributed by atoms with Crippen molar-refractivity contribution in [2.45, 2.75) is 206 Å². The Bertz CT molecular complexity index is 707. The van der Waals surface area contributed by atoms with E-state index in [0.29, 0.717) is 12.8 Å². The lowest BCUT2D eigenvalue weighted by Crippen LogP contribution is -2.51. The van der Waals surface area contributed by atoms with E-state index < -0.39 is 22.8 Å². The van der Waals surface area contributed by atoms with Crippen molar-refractivity contribution in [2.75, 3.05) is 0 Å². The molecule has 1 aliphatic rings. The minimum absolute atomic E-state index is 0.395. The molecule has 1 rings (SSSR count). The zero-order chi connectivity index (χ0) is 32.2. The van der Waals surface area contributed by atoms with Gasteiger partial charge in [0.15, 0.2) is 0 Å². The fourth-order valence-corrected chi connectivity index (χ4v) is 7.28. The smallest absolute Gasteiger partial charge is 0.315 e. The van der Waals surface area contributed by atoms with Crippen molar-refractivity contribution in [3.05, 3.63) is 24.3 Å². The van der Waals surface area contributed by atoms with Crippen molar-refractivity contribution in [1.29, 1.82) is 0 Å². The predicted octanol–water partition coefficient (Wildman–Crippen LogP) is 13.0. The summed E-state index contributed by atoms with van der Waals surface area (Å²) in [6, 6.07) is 0. The zero-order valence-corrected chi connectivity index (χ0v) is 29.2. The number of carbonyl (C=O) groups is 2. The Morgan fingerprint density at radius 3 is 0.795 bits per heavy atom. The molecule has 0 aliphatic heterocycles. The summed E-state index contributed by atoms with van der Waals surface area (Å²) in [6.45, 7) is 4.53. The van der Waals surface area contributed by atoms with E-state index in [1.54, 1.807) is 24.3 Å². The molecular formula is C40H72O4. The van der Waals surface area contributed by atoms with Gasteiger partial charge in [-0.15, -0.1) is 0 Å². The van der Waals surface area contributed by atoms with Gasteiger partial charge < -0.3 is 10.2 Å². The second-order valence-electron chi connectivity index (χ2n) is 14.0. The molecule has 0 aromatic carbocycles. The monoisotopic (exact) mass is 617 g/mol. The lowest BCUT2D eigenvalue weighted by Gasteiger charge is -2.43. The van der Waals surface area contributed by atoms with E-state index in [4.69, 9.17) is 0 Å². The molecule has 2 atom stereocenters. The van der Waals surface area contributed by atoms with Gasteiger partial charge >= 0.3 is 11.9 Å². The highest BCUT2D eigenvalue weighted by Gasteiger charge is 2.58. The molecule has 0 fully saturated rings. The Morgan fingerprint density at radius 1 is 0.386 bits per heavy atom. The third-order valence-corrected chi connectivity index (χ3v) is 10.3. The van der Waals surface area contributed by atoms with E-state index >= 15 is 0 Å². The van der Waals surface area contributed by atoms with Crippen molar-refractivity contribution in [3.8, 4) is 0 Å². The summed E-state index contributed by atoms with van der Waals surface area (Å²) >= 11 is 0. The number of hydrogen-bond acceptors (Lipinski definition) is 2. The molecule has 44 heavy (non-hydrogen) atoms. The van der Waals surface area contributed by atoms with Gasteiger partial charge in [-0.2, -0.15) is 0 Å². The van der Waals surface area contributed by atoms with Gasteiger partial charge in [-0.3, -0.25) is 9.59 Å². The van der Waals surface area contributed by atoms with Crippen LogP contribution >= 0.6 is 0 Å². The third kappa shape index (κ3) is 16.1. The minimum Gasteiger partial charge on any atom is -0.481 e. The number of aliphatic carboxylic acids is 2. The van der Waals surface area contributed by atoms with Crippen LogP contribution in [0.4, 0.5) is 0 Å². The fourth-order valence-electron chi connectivity index (χ4n) is 7.28. The summed E-state index contributed by atoms with van der Waals surface area (Å²) in [4.78, 5) is 25.5. The van der Waals surface area contributed by atoms with Gasteiger partial charge in [0, 0.05) is 0 Å². The van der Waals surface area contributed by atoms with Crippen molar-refractivity contribution >= 4 is 11.9 Å². The number of carboxylic acids is 2. The van der Waals surface area contributed by atoms with E-state index in [0.717, 1.165) is 38.5 Å². The molecule has 2 unspecified atom stereocenters. The molecule has 0 bridgehead atoms. The summed E-state index contributed by atoms with van der Waals surface area (Å²) in [6.07, 6.45) is 42.6. The maximum Gasteiger partial charge on any atom is 0.315 e. The second-order valence-corrected chi connectivity index (χ2v) is 14.0. The first-order valence-corrected chi connectivity index (χ1v) is 19.3. The lowest BCUT2D eigenvalue weighted by molar-refractivity contribution is -0.167. The van der Waals surface area contributed by atoms with Crippen LogP contribution in [0, 0.1) is 10.8 Å². The molecule has 2 N–H and O–H groups in total. The van der Waals surface area contributed by atoms with Gasteiger partial charge in [-0.25, -0.2) is 0 Å². The quantitative estimate of drug-likeness (QED) is 0.0737. The second kappa shape index (κ2) is 26.6. The maximum absolute atomic E-state index is 12.8. The van der Waals surface area contributed by atoms with Crippen LogP contribution in [0.25, 0.3) is 0 Å². The van der Waals surface area contributed by atoms with Crippen LogP contribution < -0.4 is 0 Å². The molecule has 1 aliphatic carbocycles. The van der Waals surface area contributed by atoms with Crippen LogP contribution in [0.15, 0.2) is 24.3 Å². The zero-order valence-electron chi connectivity index (χ0n) is 29.2. The molecule has 0 aromatic rings. The van der Waals surface area contributed by atoms with Gasteiger partial charge in [0.25, 0.3) is 0 Å². The molecule has 0 radical (unpaired) electrons. The predicted molar refractivity (Wildman–Crippen MR) is 188 cm³/mol. The van der Waals surface area contributed by atoms with E-state index in [1.807, 2.05) is 0 Å². The van der Waals surface area contributed by atoms with Crippen molar-refractivity contribution < 1.29 is 19.8 Å². The molecule has 0 amide bonds. The molecule has 0 heterocycles. The average Bonchev–Trinajstić information content (AvgIpc) is 3.01. The molecule has 256 valence electrons. The van der Waals surface area contributed by atoms with Gasteiger partial charge in [0.2, 0.25) is 0 Å². The first-order valence-electron chi connectivity index (χ1n) is 19.3. The summed E-state index contributed by atoms with van der Waals surface area (Å²) in [5.41, 5.74) is -2.72. The van der Waals surface area contributed by atoms with Gasteiger partial charge in [-0.05, 0) is 12.8 Å². The van der Waals surface area contributed by atoms with Gasteiger partial charge in [0.05, 0.1) is 0 Å². The molecule has 4 heteroatoms. The van der Waals surface area contributed by atoms with Crippen LogP contribution in [0.1, 0.15) is 206 Å². The van der Waals surface area contributed by atoms with E-state index in [9.17, 15) is 19.8 Å². The standard InChI is InChI=1S/C40H72O4/c1-3-5-7-9-11-13-15-17-19-21-23-25-27-29-33-39(37(41)42)35-31-32-36-40(39,38(43)44)34-30-28-26-24-22-20-18-16-14-12-10-8-6-4-2/h31-32,35-36H,3-30,33-34H2,1-2H3,(H,41,42)(H,43,44). The Kier molecular flexibility index (Phi) is 24.5. The first kappa shape index (κ1) is 40.4. The normalized spacial score (nSPS) is 19.5. The number of carboxylic acid groups (broad SMARTS) is 2. The fraction of sp³-hybridized carbons (Fsp3) is 0.850. The van der Waals surface area contributed by atoms with E-state index in [1.165, 1.54) is 141 Å². The molecule has 0 aromatic heterocycles. The summed E-state index contributed by atoms with van der Waals surface area (Å²) in [5.74, 6) is -1.97. The summed E-state index contributed by atoms with van der Waals surface area (Å²) < 4.78 is 0. The van der Waals surface area contributed by atoms with Crippen LogP contribution in [0.3, 0.4) is 0 Å². The van der Waals surface area contributed by atoms with Crippen molar-refractivity contribution in [2.24, 2.45) is 10.8 Å². The maximum atomic E-state index is 12.8. The molecule has 0 spiro atoms. The Labute approximate surface area is 272 Å². The number of unbranched alkanes of at least 4 members (excludes halogenated alkanes) is 26. The average molecular weight is 617 g/mol. The minimum atomic E-state index is -1.36. The SMILES string of the molecule is CCCCCCCCCCCCCCCCC1(C(=O)O)C=CC=CC1(CCCCCCCCCCCCCCCC)C(=O)O. The Balaban J connectivity index is 2.33. The Morgan fingerprint density at radius 2 is 0.591 bits per heavy atom. The van der Waals surface area contributed by atoms with Gasteiger partial charge in [0.1, 0.15) is 10.8 Å². The number of rotatable bonds is 32. The van der Waals surface area contributed by atoms with Crippen LogP contribution in [0.2, 0.25) is 0 Å². The summed E-state index contributed by atoms with van der Waals surface area (Å²) in [5, 5.41) is 20.9. The van der Waals surface area contributed by atoms with E-state index in [-0.39, 0.29) is 0 Å². The van der Waals surface area contributed by atoms with Crippen molar-refractivity contribution in [1.82, 2.24) is 0 Å². The first-order chi connectivity index (χ1) is 21.5. The largest absolute Gasteiger partial charge is 0.481 e. The molecular weight excluding hydrogens is 544 g/mol. The topological polar surface area (TPSA) is 74.6 Å². The number of hydrogen-bond donors (Lipinski definition) is 2. The molecule has 0 saturated carbocycles. The van der Waals surface area contributed by atoms with Gasteiger partial charge in [-0.1, -0.05) is 218 Å². The van der Waals surface area contributed by atoms with E-state index in [2.05, 4.69) is 13.8 Å². The number of allylic oxidation sites excluding steroid dienone is 2.